The zero-order valence-electron chi connectivity index (χ0n) is 15.0. The van der Waals surface area contributed by atoms with E-state index in [1.165, 1.54) is 0 Å². The third-order valence-corrected chi connectivity index (χ3v) is 4.58. The predicted octanol–water partition coefficient (Wildman–Crippen LogP) is 2.91. The van der Waals surface area contributed by atoms with Crippen molar-refractivity contribution in [3.05, 3.63) is 65.7 Å². The number of likely N-dealkylation sites (tertiary alicyclic amines) is 1. The molecule has 0 saturated carbocycles. The standard InChI is InChI=1S/C21H22N4O2/c22-15-17-8-10-18(11-9-17)23-21(27)24-19(14-16-6-2-1-3-7-16)20(26)25-12-4-5-13-25/h1-3,6-11,19H,4-5,12-14H2,(H2,23,24,27). The molecule has 138 valence electrons. The molecule has 1 unspecified atom stereocenters. The van der Waals surface area contributed by atoms with Gasteiger partial charge in [0.1, 0.15) is 6.04 Å². The van der Waals surface area contributed by atoms with Crippen LogP contribution in [0.25, 0.3) is 0 Å². The number of nitrogens with one attached hydrogen (secondary N) is 2. The third kappa shape index (κ3) is 5.08. The number of amides is 3. The zero-order valence-corrected chi connectivity index (χ0v) is 15.0. The minimum absolute atomic E-state index is 0.0497. The maximum Gasteiger partial charge on any atom is 0.319 e. The Morgan fingerprint density at radius 1 is 1.04 bits per heavy atom. The van der Waals surface area contributed by atoms with Crippen LogP contribution in [0, 0.1) is 11.3 Å². The van der Waals surface area contributed by atoms with E-state index in [1.807, 2.05) is 41.3 Å². The van der Waals surface area contributed by atoms with Crippen LogP contribution in [0.1, 0.15) is 24.0 Å². The SMILES string of the molecule is N#Cc1ccc(NC(=O)NC(Cc2ccccc2)C(=O)N2CCCC2)cc1. The Kier molecular flexibility index (Phi) is 6.06. The summed E-state index contributed by atoms with van der Waals surface area (Å²) in [6, 6.07) is 17.2. The van der Waals surface area contributed by atoms with Crippen LogP contribution in [0.3, 0.4) is 0 Å². The quantitative estimate of drug-likeness (QED) is 0.858. The fourth-order valence-corrected chi connectivity index (χ4v) is 3.16. The lowest BCUT2D eigenvalue weighted by atomic mass is 10.0. The van der Waals surface area contributed by atoms with Gasteiger partial charge in [-0.3, -0.25) is 4.79 Å². The lowest BCUT2D eigenvalue weighted by Gasteiger charge is -2.24. The average Bonchev–Trinajstić information content (AvgIpc) is 3.23. The number of nitriles is 1. The number of anilines is 1. The normalized spacial score (nSPS) is 14.3. The van der Waals surface area contributed by atoms with Crippen molar-refractivity contribution in [1.82, 2.24) is 10.2 Å². The first-order valence-corrected chi connectivity index (χ1v) is 9.06. The van der Waals surface area contributed by atoms with Crippen LogP contribution in [0.5, 0.6) is 0 Å². The Morgan fingerprint density at radius 3 is 2.33 bits per heavy atom. The number of nitrogens with zero attached hydrogens (tertiary/aromatic N) is 2. The van der Waals surface area contributed by atoms with Crippen molar-refractivity contribution in [2.75, 3.05) is 18.4 Å². The Labute approximate surface area is 158 Å². The molecule has 1 fully saturated rings. The molecule has 0 aromatic heterocycles. The first-order valence-electron chi connectivity index (χ1n) is 9.06. The molecule has 0 aliphatic carbocycles. The highest BCUT2D eigenvalue weighted by molar-refractivity contribution is 5.94. The second-order valence-corrected chi connectivity index (χ2v) is 6.56. The monoisotopic (exact) mass is 362 g/mol. The highest BCUT2D eigenvalue weighted by Crippen LogP contribution is 2.13. The highest BCUT2D eigenvalue weighted by atomic mass is 16.2. The van der Waals surface area contributed by atoms with Crippen LogP contribution in [0.4, 0.5) is 10.5 Å². The van der Waals surface area contributed by atoms with Crippen LogP contribution in [-0.2, 0) is 11.2 Å². The maximum atomic E-state index is 12.9. The molecule has 1 atom stereocenters. The van der Waals surface area contributed by atoms with Crippen molar-refractivity contribution >= 4 is 17.6 Å². The number of urea groups is 1. The topological polar surface area (TPSA) is 85.2 Å². The molecule has 1 aliphatic heterocycles. The first-order chi connectivity index (χ1) is 13.2. The van der Waals surface area contributed by atoms with Gasteiger partial charge in [0.05, 0.1) is 11.6 Å². The number of rotatable bonds is 5. The minimum atomic E-state index is -0.621. The Morgan fingerprint density at radius 2 is 1.70 bits per heavy atom. The maximum absolute atomic E-state index is 12.9. The predicted molar refractivity (Wildman–Crippen MR) is 103 cm³/mol. The fraction of sp³-hybridized carbons (Fsp3) is 0.286. The van der Waals surface area contributed by atoms with Crippen LogP contribution in [-0.4, -0.2) is 36.0 Å². The van der Waals surface area contributed by atoms with Crippen LogP contribution < -0.4 is 10.6 Å². The van der Waals surface area contributed by atoms with E-state index in [1.54, 1.807) is 24.3 Å². The molecule has 3 amide bonds. The first kappa shape index (κ1) is 18.5. The molecule has 1 aliphatic rings. The van der Waals surface area contributed by atoms with E-state index in [4.69, 9.17) is 5.26 Å². The summed E-state index contributed by atoms with van der Waals surface area (Å²) >= 11 is 0. The molecule has 0 spiro atoms. The third-order valence-electron chi connectivity index (χ3n) is 4.58. The average molecular weight is 362 g/mol. The molecular weight excluding hydrogens is 340 g/mol. The van der Waals surface area contributed by atoms with Gasteiger partial charge in [0.25, 0.3) is 0 Å². The summed E-state index contributed by atoms with van der Waals surface area (Å²) in [6.07, 6.45) is 2.44. The van der Waals surface area contributed by atoms with Crippen molar-refractivity contribution in [2.24, 2.45) is 0 Å². The molecule has 2 aromatic carbocycles. The largest absolute Gasteiger partial charge is 0.341 e. The van der Waals surface area contributed by atoms with E-state index in [2.05, 4.69) is 10.6 Å². The van der Waals surface area contributed by atoms with Gasteiger partial charge in [-0.2, -0.15) is 5.26 Å². The molecule has 2 aromatic rings. The molecule has 3 rings (SSSR count). The Hall–Kier alpha value is -3.33. The van der Waals surface area contributed by atoms with Gasteiger partial charge in [-0.05, 0) is 42.7 Å². The Bertz CT molecular complexity index is 822. The highest BCUT2D eigenvalue weighted by Gasteiger charge is 2.28. The molecule has 6 heteroatoms. The van der Waals surface area contributed by atoms with E-state index in [-0.39, 0.29) is 5.91 Å². The summed E-state index contributed by atoms with van der Waals surface area (Å²) in [7, 11) is 0. The van der Waals surface area contributed by atoms with Crippen molar-refractivity contribution < 1.29 is 9.59 Å². The van der Waals surface area contributed by atoms with Crippen molar-refractivity contribution in [3.63, 3.8) is 0 Å². The zero-order chi connectivity index (χ0) is 19.1. The second-order valence-electron chi connectivity index (χ2n) is 6.56. The molecule has 0 bridgehead atoms. The number of hydrogen-bond donors (Lipinski definition) is 2. The van der Waals surface area contributed by atoms with E-state index in [0.717, 1.165) is 31.5 Å². The lowest BCUT2D eigenvalue weighted by Crippen LogP contribution is -2.50. The van der Waals surface area contributed by atoms with E-state index >= 15 is 0 Å². The number of hydrogen-bond acceptors (Lipinski definition) is 3. The summed E-state index contributed by atoms with van der Waals surface area (Å²) in [4.78, 5) is 27.1. The number of benzene rings is 2. The number of carbonyl (C=O) groups is 2. The summed E-state index contributed by atoms with van der Waals surface area (Å²) < 4.78 is 0. The Balaban J connectivity index is 1.68. The fourth-order valence-electron chi connectivity index (χ4n) is 3.16. The van der Waals surface area contributed by atoms with Crippen molar-refractivity contribution in [3.8, 4) is 6.07 Å². The van der Waals surface area contributed by atoms with Gasteiger partial charge in [0.15, 0.2) is 0 Å². The molecule has 0 radical (unpaired) electrons. The van der Waals surface area contributed by atoms with Gasteiger partial charge in [-0.15, -0.1) is 0 Å². The van der Waals surface area contributed by atoms with Crippen LogP contribution in [0.15, 0.2) is 54.6 Å². The molecule has 1 saturated heterocycles. The van der Waals surface area contributed by atoms with E-state index in [0.29, 0.717) is 17.7 Å². The van der Waals surface area contributed by atoms with Crippen molar-refractivity contribution in [2.45, 2.75) is 25.3 Å². The molecule has 6 nitrogen and oxygen atoms in total. The van der Waals surface area contributed by atoms with Crippen molar-refractivity contribution in [1.29, 1.82) is 5.26 Å². The van der Waals surface area contributed by atoms with Gasteiger partial charge < -0.3 is 15.5 Å². The second kappa shape index (κ2) is 8.86. The summed E-state index contributed by atoms with van der Waals surface area (Å²) in [6.45, 7) is 1.48. The van der Waals surface area contributed by atoms with Gasteiger partial charge in [0.2, 0.25) is 5.91 Å². The minimum Gasteiger partial charge on any atom is -0.341 e. The molecule has 1 heterocycles. The van der Waals surface area contributed by atoms with E-state index < -0.39 is 12.1 Å². The molecule has 27 heavy (non-hydrogen) atoms. The van der Waals surface area contributed by atoms with Gasteiger partial charge >= 0.3 is 6.03 Å². The summed E-state index contributed by atoms with van der Waals surface area (Å²) in [5.74, 6) is -0.0497. The van der Waals surface area contributed by atoms with Gasteiger partial charge in [0, 0.05) is 25.2 Å². The molecule has 2 N–H and O–H groups in total. The van der Waals surface area contributed by atoms with E-state index in [9.17, 15) is 9.59 Å². The molecular formula is C21H22N4O2. The lowest BCUT2D eigenvalue weighted by molar-refractivity contribution is -0.132. The van der Waals surface area contributed by atoms with Gasteiger partial charge in [-0.1, -0.05) is 30.3 Å². The summed E-state index contributed by atoms with van der Waals surface area (Å²) in [5.41, 5.74) is 2.08. The summed E-state index contributed by atoms with van der Waals surface area (Å²) in [5, 5.41) is 14.4. The van der Waals surface area contributed by atoms with Gasteiger partial charge in [-0.25, -0.2) is 4.79 Å². The number of carbonyl (C=O) groups excluding carboxylic acids is 2. The van der Waals surface area contributed by atoms with Crippen LogP contribution >= 0.6 is 0 Å². The smallest absolute Gasteiger partial charge is 0.319 e. The van der Waals surface area contributed by atoms with Crippen LogP contribution in [0.2, 0.25) is 0 Å².